The first-order chi connectivity index (χ1) is 6.85. The topological polar surface area (TPSA) is 0 Å². The average Bonchev–Trinajstić information content (AvgIpc) is 2.21. The van der Waals surface area contributed by atoms with Crippen LogP contribution in [0.1, 0.15) is 78.6 Å². The summed E-state index contributed by atoms with van der Waals surface area (Å²) in [4.78, 5) is 0. The van der Waals surface area contributed by atoms with E-state index >= 15 is 0 Å². The summed E-state index contributed by atoms with van der Waals surface area (Å²) in [5, 5.41) is 0. The van der Waals surface area contributed by atoms with Crippen molar-refractivity contribution >= 4 is 0 Å². The minimum Gasteiger partial charge on any atom is -0.0856 e. The predicted molar refractivity (Wildman–Crippen MR) is 66.7 cm³/mol. The van der Waals surface area contributed by atoms with Crippen LogP contribution in [0.3, 0.4) is 0 Å². The van der Waals surface area contributed by atoms with Crippen molar-refractivity contribution < 1.29 is 0 Å². The Bertz CT molecular complexity index is 133. The van der Waals surface area contributed by atoms with Crippen LogP contribution in [-0.2, 0) is 0 Å². The summed E-state index contributed by atoms with van der Waals surface area (Å²) in [6, 6.07) is 0. The Kier molecular flexibility index (Phi) is 10.6. The summed E-state index contributed by atoms with van der Waals surface area (Å²) in [6.45, 7) is 6.79. The molecule has 0 aliphatic heterocycles. The van der Waals surface area contributed by atoms with Gasteiger partial charge in [-0.25, -0.2) is 0 Å². The van der Waals surface area contributed by atoms with Gasteiger partial charge in [0.25, 0.3) is 0 Å². The number of hydrogen-bond donors (Lipinski definition) is 0. The van der Waals surface area contributed by atoms with Crippen molar-refractivity contribution in [1.82, 2.24) is 0 Å². The van der Waals surface area contributed by atoms with Crippen LogP contribution in [0, 0.1) is 0 Å². The smallest absolute Gasteiger partial charge is 0.0320 e. The van der Waals surface area contributed by atoms with Crippen LogP contribution in [0.4, 0.5) is 0 Å². The minimum absolute atomic E-state index is 1.21. The molecule has 0 spiro atoms. The van der Waals surface area contributed by atoms with Gasteiger partial charge in [-0.1, -0.05) is 64.5 Å². The van der Waals surface area contributed by atoms with Crippen LogP contribution in [0.5, 0.6) is 0 Å². The van der Waals surface area contributed by atoms with Crippen molar-refractivity contribution in [2.45, 2.75) is 78.6 Å². The van der Waals surface area contributed by atoms with Crippen molar-refractivity contribution in [3.8, 4) is 0 Å². The van der Waals surface area contributed by atoms with Gasteiger partial charge in [0.1, 0.15) is 0 Å². The number of allylic oxidation sites excluding steroid dienone is 2. The van der Waals surface area contributed by atoms with Crippen molar-refractivity contribution in [3.63, 3.8) is 0 Å². The zero-order valence-electron chi connectivity index (χ0n) is 10.4. The molecule has 0 aliphatic rings. The molecule has 0 aliphatic carbocycles. The molecule has 0 N–H and O–H groups in total. The maximum Gasteiger partial charge on any atom is -0.0320 e. The van der Waals surface area contributed by atoms with E-state index in [-0.39, 0.29) is 0 Å². The molecule has 0 amide bonds. The first-order valence-electron chi connectivity index (χ1n) is 6.53. The van der Waals surface area contributed by atoms with Crippen molar-refractivity contribution in [1.29, 1.82) is 0 Å². The molecule has 14 heavy (non-hydrogen) atoms. The molecule has 0 aromatic rings. The second-order valence-electron chi connectivity index (χ2n) is 4.14. The standard InChI is InChI=1S/C14H28/c1-4-7-8-9-10-11-13-14(6-3)12-5-2/h12H,4-11,13H2,1-3H3/b14-12-. The van der Waals surface area contributed by atoms with Gasteiger partial charge in [-0.2, -0.15) is 0 Å². The van der Waals surface area contributed by atoms with Gasteiger partial charge in [-0.3, -0.25) is 0 Å². The van der Waals surface area contributed by atoms with E-state index in [1.165, 1.54) is 57.8 Å². The molecule has 0 heteroatoms. The molecule has 0 fully saturated rings. The molecule has 0 aromatic heterocycles. The first-order valence-corrected chi connectivity index (χ1v) is 6.53. The molecule has 0 unspecified atom stereocenters. The Morgan fingerprint density at radius 1 is 0.857 bits per heavy atom. The molecule has 0 atom stereocenters. The Morgan fingerprint density at radius 3 is 2.07 bits per heavy atom. The number of unbranched alkanes of at least 4 members (excludes halogenated alkanes) is 5. The fraction of sp³-hybridized carbons (Fsp3) is 0.857. The summed E-state index contributed by atoms with van der Waals surface area (Å²) < 4.78 is 0. The monoisotopic (exact) mass is 196 g/mol. The molecule has 0 saturated carbocycles. The fourth-order valence-corrected chi connectivity index (χ4v) is 1.84. The highest BCUT2D eigenvalue weighted by Gasteiger charge is 1.94. The Morgan fingerprint density at radius 2 is 1.50 bits per heavy atom. The largest absolute Gasteiger partial charge is 0.0856 e. The van der Waals surface area contributed by atoms with Crippen LogP contribution in [-0.4, -0.2) is 0 Å². The molecule has 0 bridgehead atoms. The molecular weight excluding hydrogens is 168 g/mol. The summed E-state index contributed by atoms with van der Waals surface area (Å²) in [7, 11) is 0. The fourth-order valence-electron chi connectivity index (χ4n) is 1.84. The van der Waals surface area contributed by atoms with E-state index in [0.717, 1.165) is 0 Å². The van der Waals surface area contributed by atoms with Gasteiger partial charge >= 0.3 is 0 Å². The van der Waals surface area contributed by atoms with Gasteiger partial charge in [0.05, 0.1) is 0 Å². The third-order valence-corrected chi connectivity index (χ3v) is 2.80. The van der Waals surface area contributed by atoms with E-state index in [0.29, 0.717) is 0 Å². The minimum atomic E-state index is 1.21. The van der Waals surface area contributed by atoms with Crippen molar-refractivity contribution in [2.24, 2.45) is 0 Å². The number of rotatable bonds is 9. The SMILES string of the molecule is CC/C=C(/CC)CCCCCCCC. The maximum atomic E-state index is 2.41. The lowest BCUT2D eigenvalue weighted by atomic mass is 10.0. The van der Waals surface area contributed by atoms with Crippen LogP contribution < -0.4 is 0 Å². The highest BCUT2D eigenvalue weighted by Crippen LogP contribution is 2.14. The average molecular weight is 196 g/mol. The van der Waals surface area contributed by atoms with Gasteiger partial charge in [0.2, 0.25) is 0 Å². The Labute approximate surface area is 90.8 Å². The molecule has 0 radical (unpaired) electrons. The van der Waals surface area contributed by atoms with Gasteiger partial charge in [-0.05, 0) is 25.7 Å². The lowest BCUT2D eigenvalue weighted by molar-refractivity contribution is 0.603. The predicted octanol–water partition coefficient (Wildman–Crippen LogP) is 5.48. The zero-order chi connectivity index (χ0) is 10.6. The normalized spacial score (nSPS) is 12.1. The van der Waals surface area contributed by atoms with Gasteiger partial charge in [0, 0.05) is 0 Å². The molecular formula is C14H28. The van der Waals surface area contributed by atoms with E-state index in [9.17, 15) is 0 Å². The third-order valence-electron chi connectivity index (χ3n) is 2.80. The molecule has 0 heterocycles. The maximum absolute atomic E-state index is 2.41. The highest BCUT2D eigenvalue weighted by atomic mass is 14.0. The van der Waals surface area contributed by atoms with E-state index < -0.39 is 0 Å². The van der Waals surface area contributed by atoms with E-state index in [1.54, 1.807) is 5.57 Å². The number of hydrogen-bond acceptors (Lipinski definition) is 0. The van der Waals surface area contributed by atoms with Crippen LogP contribution in [0.25, 0.3) is 0 Å². The third kappa shape index (κ3) is 8.34. The second-order valence-corrected chi connectivity index (χ2v) is 4.14. The molecule has 0 saturated heterocycles. The molecule has 0 nitrogen and oxygen atoms in total. The summed E-state index contributed by atoms with van der Waals surface area (Å²) >= 11 is 0. The Balaban J connectivity index is 3.29. The Hall–Kier alpha value is -0.260. The first kappa shape index (κ1) is 13.7. The van der Waals surface area contributed by atoms with E-state index in [4.69, 9.17) is 0 Å². The lowest BCUT2D eigenvalue weighted by Crippen LogP contribution is -1.84. The summed E-state index contributed by atoms with van der Waals surface area (Å²) in [5.41, 5.74) is 1.67. The van der Waals surface area contributed by atoms with Gasteiger partial charge in [-0.15, -0.1) is 0 Å². The van der Waals surface area contributed by atoms with Gasteiger partial charge < -0.3 is 0 Å². The lowest BCUT2D eigenvalue weighted by Gasteiger charge is -2.04. The van der Waals surface area contributed by atoms with Crippen LogP contribution in [0.15, 0.2) is 11.6 Å². The van der Waals surface area contributed by atoms with Crippen molar-refractivity contribution in [2.75, 3.05) is 0 Å². The van der Waals surface area contributed by atoms with Crippen LogP contribution in [0.2, 0.25) is 0 Å². The zero-order valence-corrected chi connectivity index (χ0v) is 10.4. The molecule has 84 valence electrons. The van der Waals surface area contributed by atoms with Gasteiger partial charge in [0.15, 0.2) is 0 Å². The second kappa shape index (κ2) is 10.8. The summed E-state index contributed by atoms with van der Waals surface area (Å²) in [5.74, 6) is 0. The quantitative estimate of drug-likeness (QED) is 0.338. The molecule has 0 rings (SSSR count). The van der Waals surface area contributed by atoms with Crippen molar-refractivity contribution in [3.05, 3.63) is 11.6 Å². The van der Waals surface area contributed by atoms with E-state index in [1.807, 2.05) is 0 Å². The van der Waals surface area contributed by atoms with E-state index in [2.05, 4.69) is 26.8 Å². The highest BCUT2D eigenvalue weighted by molar-refractivity contribution is 5.00. The van der Waals surface area contributed by atoms with Crippen LogP contribution >= 0.6 is 0 Å². The molecule has 0 aromatic carbocycles. The summed E-state index contributed by atoms with van der Waals surface area (Å²) in [6.07, 6.45) is 14.7.